The third-order valence-corrected chi connectivity index (χ3v) is 4.33. The molecular formula is C17H21N5O3. The molecule has 0 radical (unpaired) electrons. The first-order chi connectivity index (χ1) is 12.0. The van der Waals surface area contributed by atoms with Gasteiger partial charge in [0.1, 0.15) is 0 Å². The molecule has 4 amide bonds. The van der Waals surface area contributed by atoms with Gasteiger partial charge in [-0.1, -0.05) is 18.2 Å². The lowest BCUT2D eigenvalue weighted by atomic mass is 10.1. The second-order valence-electron chi connectivity index (χ2n) is 6.08. The number of nitrogens with one attached hydrogen (secondary N) is 2. The summed E-state index contributed by atoms with van der Waals surface area (Å²) < 4.78 is 0. The van der Waals surface area contributed by atoms with E-state index in [-0.39, 0.29) is 12.5 Å². The van der Waals surface area contributed by atoms with Crippen LogP contribution in [0.15, 0.2) is 30.5 Å². The summed E-state index contributed by atoms with van der Waals surface area (Å²) in [4.78, 5) is 42.1. The molecule has 1 aromatic carbocycles. The molecule has 0 saturated carbocycles. The Morgan fingerprint density at radius 3 is 2.72 bits per heavy atom. The second kappa shape index (κ2) is 7.35. The first-order valence-corrected chi connectivity index (χ1v) is 8.21. The van der Waals surface area contributed by atoms with Crippen LogP contribution >= 0.6 is 0 Å². The van der Waals surface area contributed by atoms with Gasteiger partial charge in [-0.25, -0.2) is 4.79 Å². The molecule has 1 aliphatic heterocycles. The Kier molecular flexibility index (Phi) is 4.99. The van der Waals surface area contributed by atoms with Crippen molar-refractivity contribution in [2.24, 2.45) is 5.73 Å². The number of para-hydroxylation sites is 1. The number of rotatable bonds is 3. The van der Waals surface area contributed by atoms with Crippen LogP contribution < -0.4 is 11.1 Å². The maximum atomic E-state index is 12.8. The van der Waals surface area contributed by atoms with Crippen molar-refractivity contribution in [1.82, 2.24) is 20.1 Å². The van der Waals surface area contributed by atoms with E-state index in [1.54, 1.807) is 6.20 Å². The van der Waals surface area contributed by atoms with Crippen LogP contribution in [-0.2, 0) is 4.79 Å². The molecule has 3 rings (SSSR count). The van der Waals surface area contributed by atoms with Crippen molar-refractivity contribution in [3.8, 4) is 0 Å². The topological polar surface area (TPSA) is 112 Å². The molecular weight excluding hydrogens is 322 g/mol. The van der Waals surface area contributed by atoms with Gasteiger partial charge in [0.05, 0.1) is 12.1 Å². The molecule has 2 heterocycles. The lowest BCUT2D eigenvalue weighted by Gasteiger charge is -2.21. The van der Waals surface area contributed by atoms with Gasteiger partial charge in [0, 0.05) is 43.3 Å². The van der Waals surface area contributed by atoms with Gasteiger partial charge in [0.2, 0.25) is 5.91 Å². The predicted octanol–water partition coefficient (Wildman–Crippen LogP) is 0.511. The highest BCUT2D eigenvalue weighted by atomic mass is 16.2. The second-order valence-corrected chi connectivity index (χ2v) is 6.08. The molecule has 0 unspecified atom stereocenters. The summed E-state index contributed by atoms with van der Waals surface area (Å²) in [6, 6.07) is 6.85. The third-order valence-electron chi connectivity index (χ3n) is 4.33. The first kappa shape index (κ1) is 17.0. The monoisotopic (exact) mass is 343 g/mol. The zero-order valence-electron chi connectivity index (χ0n) is 13.8. The fourth-order valence-electron chi connectivity index (χ4n) is 3.13. The molecule has 1 aromatic heterocycles. The summed E-state index contributed by atoms with van der Waals surface area (Å²) in [7, 11) is 0. The number of fused-ring (bicyclic) bond motifs is 1. The van der Waals surface area contributed by atoms with Gasteiger partial charge in [-0.05, 0) is 12.5 Å². The Morgan fingerprint density at radius 1 is 1.12 bits per heavy atom. The average Bonchev–Trinajstić information content (AvgIpc) is 2.86. The van der Waals surface area contributed by atoms with Crippen LogP contribution in [0.5, 0.6) is 0 Å². The van der Waals surface area contributed by atoms with Crippen molar-refractivity contribution < 1.29 is 14.4 Å². The summed E-state index contributed by atoms with van der Waals surface area (Å²) >= 11 is 0. The quantitative estimate of drug-likeness (QED) is 0.754. The van der Waals surface area contributed by atoms with Crippen LogP contribution in [-0.4, -0.2) is 65.4 Å². The van der Waals surface area contributed by atoms with Crippen LogP contribution in [0.4, 0.5) is 4.79 Å². The zero-order chi connectivity index (χ0) is 17.8. The number of amides is 4. The number of nitrogens with zero attached hydrogens (tertiary/aromatic N) is 2. The van der Waals surface area contributed by atoms with Gasteiger partial charge < -0.3 is 15.6 Å². The smallest absolute Gasteiger partial charge is 0.318 e. The number of aromatic amines is 1. The number of nitrogens with two attached hydrogens (primary N) is 1. The summed E-state index contributed by atoms with van der Waals surface area (Å²) in [5, 5.41) is 2.97. The fourth-order valence-corrected chi connectivity index (χ4v) is 3.13. The van der Waals surface area contributed by atoms with E-state index < -0.39 is 11.9 Å². The van der Waals surface area contributed by atoms with Crippen molar-refractivity contribution in [3.63, 3.8) is 0 Å². The first-order valence-electron chi connectivity index (χ1n) is 8.21. The molecule has 4 N–H and O–H groups in total. The van der Waals surface area contributed by atoms with Crippen molar-refractivity contribution in [1.29, 1.82) is 0 Å². The summed E-state index contributed by atoms with van der Waals surface area (Å²) in [6.45, 7) is 2.51. The number of H-pyrrole nitrogens is 1. The Bertz CT molecular complexity index is 800. The number of hydrogen-bond acceptors (Lipinski definition) is 4. The van der Waals surface area contributed by atoms with Crippen molar-refractivity contribution in [2.75, 3.05) is 32.7 Å². The van der Waals surface area contributed by atoms with Gasteiger partial charge in [-0.2, -0.15) is 0 Å². The molecule has 8 nitrogen and oxygen atoms in total. The Balaban J connectivity index is 1.64. The number of primary amides is 1. The minimum Gasteiger partial charge on any atom is -0.360 e. The maximum Gasteiger partial charge on any atom is 0.318 e. The largest absolute Gasteiger partial charge is 0.360 e. The highest BCUT2D eigenvalue weighted by Gasteiger charge is 2.23. The van der Waals surface area contributed by atoms with Crippen LogP contribution in [0.2, 0.25) is 0 Å². The Hall–Kier alpha value is -2.87. The van der Waals surface area contributed by atoms with E-state index in [9.17, 15) is 14.4 Å². The van der Waals surface area contributed by atoms with E-state index in [2.05, 4.69) is 10.3 Å². The van der Waals surface area contributed by atoms with Gasteiger partial charge >= 0.3 is 6.03 Å². The lowest BCUT2D eigenvalue weighted by Crippen LogP contribution is -2.43. The van der Waals surface area contributed by atoms with E-state index in [1.807, 2.05) is 34.1 Å². The molecule has 0 atom stereocenters. The fraction of sp³-hybridized carbons (Fsp3) is 0.353. The molecule has 0 bridgehead atoms. The zero-order valence-corrected chi connectivity index (χ0v) is 13.8. The molecule has 2 aromatic rings. The van der Waals surface area contributed by atoms with E-state index >= 15 is 0 Å². The van der Waals surface area contributed by atoms with Crippen LogP contribution in [0.1, 0.15) is 16.8 Å². The molecule has 25 heavy (non-hydrogen) atoms. The third kappa shape index (κ3) is 3.97. The molecule has 0 aliphatic carbocycles. The van der Waals surface area contributed by atoms with Crippen LogP contribution in [0.25, 0.3) is 10.9 Å². The van der Waals surface area contributed by atoms with Crippen molar-refractivity contribution >= 4 is 28.7 Å². The van der Waals surface area contributed by atoms with Gasteiger partial charge in [0.15, 0.2) is 0 Å². The number of carbonyl (C=O) groups is 3. The van der Waals surface area contributed by atoms with Crippen molar-refractivity contribution in [3.05, 3.63) is 36.0 Å². The Morgan fingerprint density at radius 2 is 1.92 bits per heavy atom. The molecule has 0 spiro atoms. The normalized spacial score (nSPS) is 15.8. The average molecular weight is 343 g/mol. The summed E-state index contributed by atoms with van der Waals surface area (Å²) in [5.74, 6) is -0.440. The lowest BCUT2D eigenvalue weighted by molar-refractivity contribution is -0.121. The molecule has 8 heteroatoms. The molecule has 1 aliphatic rings. The number of hydrogen-bond donors (Lipinski definition) is 3. The van der Waals surface area contributed by atoms with Crippen LogP contribution in [0.3, 0.4) is 0 Å². The van der Waals surface area contributed by atoms with Gasteiger partial charge in [0.25, 0.3) is 5.91 Å². The highest BCUT2D eigenvalue weighted by molar-refractivity contribution is 6.06. The number of imide groups is 1. The van der Waals surface area contributed by atoms with E-state index in [0.717, 1.165) is 17.3 Å². The molecule has 132 valence electrons. The minimum atomic E-state index is -0.851. The molecule has 1 saturated heterocycles. The summed E-state index contributed by atoms with van der Waals surface area (Å²) in [6.07, 6.45) is 2.51. The van der Waals surface area contributed by atoms with Crippen LogP contribution in [0, 0.1) is 0 Å². The number of carbonyl (C=O) groups excluding carboxylic acids is 3. The number of aromatic nitrogens is 1. The Labute approximate surface area is 144 Å². The highest BCUT2D eigenvalue weighted by Crippen LogP contribution is 2.20. The van der Waals surface area contributed by atoms with Gasteiger partial charge in [-0.15, -0.1) is 0 Å². The predicted molar refractivity (Wildman–Crippen MR) is 93.0 cm³/mol. The van der Waals surface area contributed by atoms with E-state index in [1.165, 1.54) is 0 Å². The number of benzene rings is 1. The minimum absolute atomic E-state index is 0.0131. The molecule has 1 fully saturated rings. The standard InChI is InChI=1S/C17H21N5O3/c18-17(25)20-15(23)11-21-6-3-7-22(9-8-21)16(24)13-10-19-14-5-2-1-4-12(13)14/h1-2,4-5,10,19H,3,6-9,11H2,(H3,18,20,23,25). The van der Waals surface area contributed by atoms with E-state index in [0.29, 0.717) is 31.7 Å². The SMILES string of the molecule is NC(=O)NC(=O)CN1CCCN(C(=O)c2c[nH]c3ccccc23)CC1. The van der Waals surface area contributed by atoms with E-state index in [4.69, 9.17) is 5.73 Å². The van der Waals surface area contributed by atoms with Gasteiger partial charge in [-0.3, -0.25) is 19.8 Å². The summed E-state index contributed by atoms with van der Waals surface area (Å²) in [5.41, 5.74) is 6.54. The maximum absolute atomic E-state index is 12.8. The van der Waals surface area contributed by atoms with Crippen molar-refractivity contribution in [2.45, 2.75) is 6.42 Å². The number of urea groups is 1.